The third-order valence-corrected chi connectivity index (χ3v) is 3.57. The number of nitrogens with zero attached hydrogens (tertiary/aromatic N) is 2. The van der Waals surface area contributed by atoms with Gasteiger partial charge >= 0.3 is 0 Å². The number of rotatable bonds is 10. The topological polar surface area (TPSA) is 69.7 Å². The number of nitrogens with one attached hydrogen (secondary N) is 1. The maximum Gasteiger partial charge on any atom is 0.226 e. The van der Waals surface area contributed by atoms with Crippen LogP contribution in [-0.2, 0) is 14.4 Å². The first kappa shape index (κ1) is 20.6. The van der Waals surface area contributed by atoms with Crippen LogP contribution >= 0.6 is 0 Å². The van der Waals surface area contributed by atoms with Gasteiger partial charge in [-0.2, -0.15) is 0 Å². The van der Waals surface area contributed by atoms with Crippen molar-refractivity contribution >= 4 is 18.7 Å². The van der Waals surface area contributed by atoms with E-state index < -0.39 is 0 Å². The lowest BCUT2D eigenvalue weighted by atomic mass is 10.1. The van der Waals surface area contributed by atoms with Crippen molar-refractivity contribution in [3.63, 3.8) is 0 Å². The summed E-state index contributed by atoms with van der Waals surface area (Å²) in [6.07, 6.45) is 9.61. The number of amides is 3. The van der Waals surface area contributed by atoms with Gasteiger partial charge in [0, 0.05) is 26.6 Å². The van der Waals surface area contributed by atoms with Crippen LogP contribution in [0.25, 0.3) is 0 Å². The van der Waals surface area contributed by atoms with Crippen LogP contribution in [0.2, 0.25) is 0 Å². The van der Waals surface area contributed by atoms with E-state index in [0.717, 1.165) is 17.8 Å². The van der Waals surface area contributed by atoms with Crippen LogP contribution in [0.15, 0.2) is 35.7 Å². The SMILES string of the molecule is C\C=C/C=C(\C(=C/C)N(C)C=O)N(C)C(C)CCC(=O)NC=O. The minimum Gasteiger partial charge on any atom is -0.370 e. The van der Waals surface area contributed by atoms with Gasteiger partial charge in [0.1, 0.15) is 0 Å². The molecule has 1 N–H and O–H groups in total. The first-order valence-electron chi connectivity index (χ1n) is 7.56. The molecule has 0 heterocycles. The molecule has 6 heteroatoms. The molecule has 0 aliphatic carbocycles. The fourth-order valence-corrected chi connectivity index (χ4v) is 2.07. The Morgan fingerprint density at radius 2 is 1.83 bits per heavy atom. The van der Waals surface area contributed by atoms with E-state index in [-0.39, 0.29) is 18.4 Å². The third kappa shape index (κ3) is 6.95. The standard InChI is InChI=1S/C17H27N3O3/c1-6-8-9-16(15(7-2)19(4)13-22)20(5)14(3)10-11-17(23)18-12-21/h6-9,12-14H,10-11H2,1-5H3,(H,18,21,23)/b8-6-,15-7+,16-9+. The molecule has 0 saturated heterocycles. The van der Waals surface area contributed by atoms with Gasteiger partial charge in [-0.05, 0) is 33.3 Å². The van der Waals surface area contributed by atoms with Crippen LogP contribution < -0.4 is 5.32 Å². The quantitative estimate of drug-likeness (QED) is 0.492. The highest BCUT2D eigenvalue weighted by molar-refractivity contribution is 5.85. The van der Waals surface area contributed by atoms with Crippen molar-refractivity contribution in [2.75, 3.05) is 14.1 Å². The molecule has 0 aromatic carbocycles. The molecule has 0 saturated carbocycles. The molecule has 1 atom stereocenters. The molecule has 23 heavy (non-hydrogen) atoms. The molecule has 1 unspecified atom stereocenters. The van der Waals surface area contributed by atoms with Gasteiger partial charge in [-0.25, -0.2) is 0 Å². The molecule has 0 aromatic rings. The van der Waals surface area contributed by atoms with E-state index in [9.17, 15) is 14.4 Å². The number of likely N-dealkylation sites (N-methyl/N-ethyl adjacent to an activating group) is 2. The Balaban J connectivity index is 5.21. The van der Waals surface area contributed by atoms with Gasteiger partial charge in [-0.3, -0.25) is 19.7 Å². The fourth-order valence-electron chi connectivity index (χ4n) is 2.07. The van der Waals surface area contributed by atoms with Crippen molar-refractivity contribution in [1.29, 1.82) is 0 Å². The summed E-state index contributed by atoms with van der Waals surface area (Å²) in [5.74, 6) is -0.296. The molecule has 0 aromatic heterocycles. The summed E-state index contributed by atoms with van der Waals surface area (Å²) in [4.78, 5) is 36.3. The van der Waals surface area contributed by atoms with E-state index in [4.69, 9.17) is 0 Å². The highest BCUT2D eigenvalue weighted by Crippen LogP contribution is 2.20. The lowest BCUT2D eigenvalue weighted by molar-refractivity contribution is -0.125. The van der Waals surface area contributed by atoms with E-state index >= 15 is 0 Å². The molecule has 0 rings (SSSR count). The van der Waals surface area contributed by atoms with Crippen molar-refractivity contribution in [3.05, 3.63) is 35.7 Å². The maximum atomic E-state index is 11.4. The van der Waals surface area contributed by atoms with Gasteiger partial charge in [-0.1, -0.05) is 18.2 Å². The van der Waals surface area contributed by atoms with Gasteiger partial charge in [0.05, 0.1) is 11.4 Å². The van der Waals surface area contributed by atoms with Gasteiger partial charge in [0.2, 0.25) is 18.7 Å². The first-order valence-corrected chi connectivity index (χ1v) is 7.56. The molecule has 0 fully saturated rings. The van der Waals surface area contributed by atoms with Gasteiger partial charge in [0.15, 0.2) is 0 Å². The second-order valence-electron chi connectivity index (χ2n) is 5.15. The Hall–Kier alpha value is -2.37. The smallest absolute Gasteiger partial charge is 0.226 e. The Bertz CT molecular complexity index is 495. The summed E-state index contributed by atoms with van der Waals surface area (Å²) in [5.41, 5.74) is 1.66. The molecule has 0 radical (unpaired) electrons. The highest BCUT2D eigenvalue weighted by atomic mass is 16.2. The predicted molar refractivity (Wildman–Crippen MR) is 91.1 cm³/mol. The summed E-state index contributed by atoms with van der Waals surface area (Å²) in [6.45, 7) is 5.78. The van der Waals surface area contributed by atoms with Crippen LogP contribution in [0.3, 0.4) is 0 Å². The highest BCUT2D eigenvalue weighted by Gasteiger charge is 2.18. The summed E-state index contributed by atoms with van der Waals surface area (Å²) in [5, 5.41) is 2.13. The Kier molecular flexibility index (Phi) is 10.1. The molecule has 128 valence electrons. The molecular formula is C17H27N3O3. The van der Waals surface area contributed by atoms with E-state index in [1.807, 2.05) is 57.0 Å². The first-order chi connectivity index (χ1) is 10.9. The summed E-state index contributed by atoms with van der Waals surface area (Å²) < 4.78 is 0. The average Bonchev–Trinajstić information content (AvgIpc) is 2.55. The van der Waals surface area contributed by atoms with Gasteiger partial charge in [0.25, 0.3) is 0 Å². The number of carbonyl (C=O) groups is 3. The molecule has 0 aliphatic heterocycles. The van der Waals surface area contributed by atoms with Crippen molar-refractivity contribution in [2.24, 2.45) is 0 Å². The van der Waals surface area contributed by atoms with Crippen LogP contribution in [0.5, 0.6) is 0 Å². The van der Waals surface area contributed by atoms with Crippen LogP contribution in [0, 0.1) is 0 Å². The number of imide groups is 1. The molecule has 6 nitrogen and oxygen atoms in total. The van der Waals surface area contributed by atoms with Crippen molar-refractivity contribution in [3.8, 4) is 0 Å². The lowest BCUT2D eigenvalue weighted by Crippen LogP contribution is -2.34. The second kappa shape index (κ2) is 11.2. The average molecular weight is 321 g/mol. The van der Waals surface area contributed by atoms with E-state index in [0.29, 0.717) is 12.8 Å². The van der Waals surface area contributed by atoms with E-state index in [1.54, 1.807) is 7.05 Å². The van der Waals surface area contributed by atoms with Crippen molar-refractivity contribution in [2.45, 2.75) is 39.7 Å². The van der Waals surface area contributed by atoms with Crippen LogP contribution in [0.4, 0.5) is 0 Å². The zero-order chi connectivity index (χ0) is 17.8. The molecule has 3 amide bonds. The number of allylic oxidation sites excluding steroid dienone is 4. The number of hydrogen-bond acceptors (Lipinski definition) is 4. The number of carbonyl (C=O) groups excluding carboxylic acids is 3. The molecule has 0 spiro atoms. The zero-order valence-corrected chi connectivity index (χ0v) is 14.6. The van der Waals surface area contributed by atoms with Gasteiger partial charge in [-0.15, -0.1) is 0 Å². The molecular weight excluding hydrogens is 294 g/mol. The van der Waals surface area contributed by atoms with E-state index in [1.165, 1.54) is 4.90 Å². The van der Waals surface area contributed by atoms with Crippen LogP contribution in [-0.4, -0.2) is 48.7 Å². The normalized spacial score (nSPS) is 13.6. The zero-order valence-electron chi connectivity index (χ0n) is 14.6. The Morgan fingerprint density at radius 3 is 2.30 bits per heavy atom. The Morgan fingerprint density at radius 1 is 1.17 bits per heavy atom. The summed E-state index contributed by atoms with van der Waals surface area (Å²) in [6, 6.07) is 0.0545. The minimum absolute atomic E-state index is 0.0545. The second-order valence-corrected chi connectivity index (χ2v) is 5.15. The maximum absolute atomic E-state index is 11.4. The van der Waals surface area contributed by atoms with Crippen LogP contribution in [0.1, 0.15) is 33.6 Å². The fraction of sp³-hybridized carbons (Fsp3) is 0.471. The number of hydrogen-bond donors (Lipinski definition) is 1. The summed E-state index contributed by atoms with van der Waals surface area (Å²) >= 11 is 0. The third-order valence-electron chi connectivity index (χ3n) is 3.57. The van der Waals surface area contributed by atoms with Crippen molar-refractivity contribution in [1.82, 2.24) is 15.1 Å². The molecule has 0 bridgehead atoms. The summed E-state index contributed by atoms with van der Waals surface area (Å²) in [7, 11) is 3.61. The Labute approximate surface area is 138 Å². The van der Waals surface area contributed by atoms with Crippen molar-refractivity contribution < 1.29 is 14.4 Å². The monoisotopic (exact) mass is 321 g/mol. The van der Waals surface area contributed by atoms with Gasteiger partial charge < -0.3 is 9.80 Å². The van der Waals surface area contributed by atoms with E-state index in [2.05, 4.69) is 5.32 Å². The lowest BCUT2D eigenvalue weighted by Gasteiger charge is -2.32. The molecule has 0 aliphatic rings. The predicted octanol–water partition coefficient (Wildman–Crippen LogP) is 1.81. The minimum atomic E-state index is -0.296. The largest absolute Gasteiger partial charge is 0.370 e.